The van der Waals surface area contributed by atoms with Gasteiger partial charge in [-0.3, -0.25) is 14.6 Å². The Kier molecular flexibility index (Phi) is 7.61. The van der Waals surface area contributed by atoms with Gasteiger partial charge in [-0.2, -0.15) is 0 Å². The van der Waals surface area contributed by atoms with Crippen molar-refractivity contribution in [2.45, 2.75) is 6.42 Å². The van der Waals surface area contributed by atoms with Crippen LogP contribution in [0.5, 0.6) is 0 Å². The molecule has 194 valence electrons. The number of anilines is 3. The number of aromatic nitrogens is 1. The molecule has 39 heavy (non-hydrogen) atoms. The van der Waals surface area contributed by atoms with Crippen LogP contribution in [0.25, 0.3) is 22.0 Å². The summed E-state index contributed by atoms with van der Waals surface area (Å²) in [5.74, 6) is -0.695. The van der Waals surface area contributed by atoms with Crippen LogP contribution in [0, 0.1) is 0 Å². The molecule has 1 heterocycles. The van der Waals surface area contributed by atoms with Crippen molar-refractivity contribution in [2.24, 2.45) is 11.5 Å². The third kappa shape index (κ3) is 5.49. The number of hydrogen-bond donors (Lipinski definition) is 3. The summed E-state index contributed by atoms with van der Waals surface area (Å²) in [6, 6.07) is 33.0. The van der Waals surface area contributed by atoms with Crippen molar-refractivity contribution >= 4 is 39.8 Å². The maximum absolute atomic E-state index is 12.7. The van der Waals surface area contributed by atoms with Crippen molar-refractivity contribution in [2.75, 3.05) is 18.0 Å². The predicted octanol–water partition coefficient (Wildman–Crippen LogP) is 5.55. The molecule has 0 saturated carbocycles. The van der Waals surface area contributed by atoms with Crippen molar-refractivity contribution in [1.82, 2.24) is 10.3 Å². The Bertz CT molecular complexity index is 1560. The Hall–Kier alpha value is -5.01. The summed E-state index contributed by atoms with van der Waals surface area (Å²) < 4.78 is 0. The normalized spacial score (nSPS) is 10.8. The molecule has 7 nitrogen and oxygen atoms in total. The second-order valence-corrected chi connectivity index (χ2v) is 9.10. The molecule has 2 amide bonds. The number of nitrogens with two attached hydrogens (primary N) is 2. The molecule has 0 saturated heterocycles. The van der Waals surface area contributed by atoms with Crippen molar-refractivity contribution in [3.63, 3.8) is 0 Å². The van der Waals surface area contributed by atoms with Crippen molar-refractivity contribution in [1.29, 1.82) is 0 Å². The Labute approximate surface area is 227 Å². The highest BCUT2D eigenvalue weighted by atomic mass is 16.2. The quantitative estimate of drug-likeness (QED) is 0.223. The SMILES string of the molecule is NCCCNC(=O)c1ccc(-c2ccc3ncc(C(N)=O)c(N(c4ccccc4)c4ccccc4)c3c2)cc1. The number of carbonyl (C=O) groups is 2. The standard InChI is InChI=1S/C32H29N5O2/c33-18-7-19-35-32(39)23-14-12-22(13-15-23)24-16-17-29-27(20-24)30(28(21-36-29)31(34)38)37(25-8-3-1-4-9-25)26-10-5-2-6-11-26/h1-6,8-17,20-21H,7,18-19,33H2,(H2,34,38)(H,35,39). The topological polar surface area (TPSA) is 114 Å². The first-order chi connectivity index (χ1) is 19.1. The van der Waals surface area contributed by atoms with Gasteiger partial charge in [-0.05, 0) is 72.6 Å². The van der Waals surface area contributed by atoms with Gasteiger partial charge < -0.3 is 21.7 Å². The molecule has 5 rings (SSSR count). The fraction of sp³-hybridized carbons (Fsp3) is 0.0938. The van der Waals surface area contributed by atoms with Gasteiger partial charge in [-0.25, -0.2) is 0 Å². The number of hydrogen-bond acceptors (Lipinski definition) is 5. The van der Waals surface area contributed by atoms with Gasteiger partial charge in [0.25, 0.3) is 11.8 Å². The van der Waals surface area contributed by atoms with E-state index in [2.05, 4.69) is 10.3 Å². The number of nitrogens with zero attached hydrogens (tertiary/aromatic N) is 2. The predicted molar refractivity (Wildman–Crippen MR) is 156 cm³/mol. The molecule has 0 radical (unpaired) electrons. The molecule has 4 aromatic carbocycles. The molecule has 5 N–H and O–H groups in total. The van der Waals surface area contributed by atoms with Crippen molar-refractivity contribution in [3.05, 3.63) is 120 Å². The lowest BCUT2D eigenvalue weighted by Gasteiger charge is -2.28. The van der Waals surface area contributed by atoms with Crippen LogP contribution in [0.3, 0.4) is 0 Å². The lowest BCUT2D eigenvalue weighted by Crippen LogP contribution is -2.25. The third-order valence-corrected chi connectivity index (χ3v) is 6.50. The van der Waals surface area contributed by atoms with E-state index in [1.54, 1.807) is 12.1 Å². The lowest BCUT2D eigenvalue weighted by atomic mass is 9.99. The maximum Gasteiger partial charge on any atom is 0.252 e. The molecule has 0 aliphatic rings. The fourth-order valence-corrected chi connectivity index (χ4v) is 4.56. The highest BCUT2D eigenvalue weighted by Crippen LogP contribution is 2.41. The Morgan fingerprint density at radius 1 is 0.795 bits per heavy atom. The zero-order valence-electron chi connectivity index (χ0n) is 21.4. The molecule has 0 aliphatic heterocycles. The summed E-state index contributed by atoms with van der Waals surface area (Å²) >= 11 is 0. The molecule has 0 fully saturated rings. The van der Waals surface area contributed by atoms with Gasteiger partial charge in [0.15, 0.2) is 0 Å². The Morgan fingerprint density at radius 2 is 1.41 bits per heavy atom. The van der Waals surface area contributed by atoms with Crippen LogP contribution < -0.4 is 21.7 Å². The average molecular weight is 516 g/mol. The number of pyridine rings is 1. The van der Waals surface area contributed by atoms with Gasteiger partial charge in [-0.15, -0.1) is 0 Å². The van der Waals surface area contributed by atoms with E-state index in [1.165, 1.54) is 6.20 Å². The molecule has 0 bridgehead atoms. The summed E-state index contributed by atoms with van der Waals surface area (Å²) in [4.78, 5) is 31.7. The first-order valence-electron chi connectivity index (χ1n) is 12.8. The molecular formula is C32H29N5O2. The zero-order chi connectivity index (χ0) is 27.2. The number of rotatable bonds is 9. The number of para-hydroxylation sites is 2. The van der Waals surface area contributed by atoms with Crippen LogP contribution in [0.4, 0.5) is 17.1 Å². The zero-order valence-corrected chi connectivity index (χ0v) is 21.4. The summed E-state index contributed by atoms with van der Waals surface area (Å²) in [5.41, 5.74) is 17.3. The molecule has 1 aromatic heterocycles. The van der Waals surface area contributed by atoms with Gasteiger partial charge in [0.1, 0.15) is 0 Å². The highest BCUT2D eigenvalue weighted by molar-refractivity contribution is 6.10. The van der Waals surface area contributed by atoms with E-state index in [9.17, 15) is 9.59 Å². The van der Waals surface area contributed by atoms with E-state index in [4.69, 9.17) is 11.5 Å². The van der Waals surface area contributed by atoms with Crippen LogP contribution in [0.15, 0.2) is 109 Å². The molecule has 5 aromatic rings. The summed E-state index contributed by atoms with van der Waals surface area (Å²) in [7, 11) is 0. The minimum absolute atomic E-state index is 0.132. The number of primary amides is 1. The van der Waals surface area contributed by atoms with Crippen LogP contribution in [-0.2, 0) is 0 Å². The highest BCUT2D eigenvalue weighted by Gasteiger charge is 2.22. The number of carbonyl (C=O) groups excluding carboxylic acids is 2. The fourth-order valence-electron chi connectivity index (χ4n) is 4.56. The van der Waals surface area contributed by atoms with Gasteiger partial charge in [0.05, 0.1) is 16.8 Å². The number of benzene rings is 4. The first-order valence-corrected chi connectivity index (χ1v) is 12.8. The average Bonchev–Trinajstić information content (AvgIpc) is 2.98. The number of nitrogens with one attached hydrogen (secondary N) is 1. The lowest BCUT2D eigenvalue weighted by molar-refractivity contribution is 0.0952. The monoisotopic (exact) mass is 515 g/mol. The van der Waals surface area contributed by atoms with E-state index in [0.717, 1.165) is 39.8 Å². The summed E-state index contributed by atoms with van der Waals surface area (Å²) in [6.07, 6.45) is 2.27. The third-order valence-electron chi connectivity index (χ3n) is 6.50. The summed E-state index contributed by atoms with van der Waals surface area (Å²) in [5, 5.41) is 3.65. The van der Waals surface area contributed by atoms with E-state index in [0.29, 0.717) is 29.9 Å². The van der Waals surface area contributed by atoms with Crippen LogP contribution in [0.1, 0.15) is 27.1 Å². The van der Waals surface area contributed by atoms with E-state index in [1.807, 2.05) is 95.9 Å². The van der Waals surface area contributed by atoms with E-state index >= 15 is 0 Å². The van der Waals surface area contributed by atoms with Crippen LogP contribution in [0.2, 0.25) is 0 Å². The van der Waals surface area contributed by atoms with Crippen LogP contribution in [-0.4, -0.2) is 29.9 Å². The van der Waals surface area contributed by atoms with Crippen LogP contribution >= 0.6 is 0 Å². The second kappa shape index (κ2) is 11.6. The Balaban J connectivity index is 1.64. The van der Waals surface area contributed by atoms with E-state index in [-0.39, 0.29) is 5.91 Å². The minimum Gasteiger partial charge on any atom is -0.365 e. The maximum atomic E-state index is 12.7. The molecule has 0 atom stereocenters. The van der Waals surface area contributed by atoms with Gasteiger partial charge >= 0.3 is 0 Å². The molecule has 0 spiro atoms. The first kappa shape index (κ1) is 25.6. The van der Waals surface area contributed by atoms with Crippen molar-refractivity contribution < 1.29 is 9.59 Å². The van der Waals surface area contributed by atoms with Gasteiger partial charge in [0.2, 0.25) is 0 Å². The molecular weight excluding hydrogens is 486 g/mol. The van der Waals surface area contributed by atoms with E-state index < -0.39 is 5.91 Å². The van der Waals surface area contributed by atoms with Gasteiger partial charge in [-0.1, -0.05) is 54.6 Å². The molecule has 0 aliphatic carbocycles. The summed E-state index contributed by atoms with van der Waals surface area (Å²) in [6.45, 7) is 1.07. The second-order valence-electron chi connectivity index (χ2n) is 9.10. The smallest absolute Gasteiger partial charge is 0.252 e. The Morgan fingerprint density at radius 3 is 2.00 bits per heavy atom. The van der Waals surface area contributed by atoms with Gasteiger partial charge in [0, 0.05) is 35.1 Å². The van der Waals surface area contributed by atoms with Crippen molar-refractivity contribution in [3.8, 4) is 11.1 Å². The number of fused-ring (bicyclic) bond motifs is 1. The number of amides is 2. The largest absolute Gasteiger partial charge is 0.365 e. The molecule has 0 unspecified atom stereocenters. The molecule has 7 heteroatoms. The minimum atomic E-state index is -0.563.